The van der Waals surface area contributed by atoms with Crippen molar-refractivity contribution in [3.8, 4) is 5.75 Å². The van der Waals surface area contributed by atoms with E-state index in [1.54, 1.807) is 42.7 Å². The Kier molecular flexibility index (Phi) is 7.08. The van der Waals surface area contributed by atoms with Crippen LogP contribution in [0.2, 0.25) is 0 Å². The van der Waals surface area contributed by atoms with Gasteiger partial charge in [0.15, 0.2) is 0 Å². The van der Waals surface area contributed by atoms with E-state index < -0.39 is 17.7 Å². The molecule has 1 atom stereocenters. The second-order valence-corrected chi connectivity index (χ2v) is 8.96. The first-order valence-corrected chi connectivity index (χ1v) is 11.7. The Morgan fingerprint density at radius 1 is 1.12 bits per heavy atom. The number of carbonyl (C=O) groups is 2. The van der Waals surface area contributed by atoms with Gasteiger partial charge in [-0.25, -0.2) is 0 Å². The molecule has 0 aliphatic carbocycles. The summed E-state index contributed by atoms with van der Waals surface area (Å²) in [4.78, 5) is 31.9. The SMILES string of the molecule is CCCOc1cccc(/C(O)=C2\C(=O)C(=O)N(Cc3cccnc3)C2c2ccc(I)cc2)c1. The third-order valence-corrected chi connectivity index (χ3v) is 6.10. The fourth-order valence-corrected chi connectivity index (χ4v) is 4.19. The predicted octanol–water partition coefficient (Wildman–Crippen LogP) is 5.10. The topological polar surface area (TPSA) is 79.7 Å². The predicted molar refractivity (Wildman–Crippen MR) is 133 cm³/mol. The number of carbonyl (C=O) groups excluding carboxylic acids is 2. The number of aliphatic hydroxyl groups is 1. The van der Waals surface area contributed by atoms with Crippen LogP contribution in [0.5, 0.6) is 5.75 Å². The van der Waals surface area contributed by atoms with Crippen molar-refractivity contribution in [1.29, 1.82) is 0 Å². The number of hydrogen-bond donors (Lipinski definition) is 1. The molecule has 1 fully saturated rings. The van der Waals surface area contributed by atoms with Crippen LogP contribution in [0.3, 0.4) is 0 Å². The number of hydrogen-bond acceptors (Lipinski definition) is 5. The van der Waals surface area contributed by atoms with Gasteiger partial charge in [0.25, 0.3) is 11.7 Å². The molecule has 0 saturated carbocycles. The van der Waals surface area contributed by atoms with Crippen molar-refractivity contribution in [1.82, 2.24) is 9.88 Å². The molecule has 1 aliphatic heterocycles. The van der Waals surface area contributed by atoms with Gasteiger partial charge in [-0.05, 0) is 70.5 Å². The molecule has 6 nitrogen and oxygen atoms in total. The zero-order valence-corrected chi connectivity index (χ0v) is 20.2. The average molecular weight is 554 g/mol. The van der Waals surface area contributed by atoms with Crippen molar-refractivity contribution < 1.29 is 19.4 Å². The number of amides is 1. The third kappa shape index (κ3) is 4.93. The van der Waals surface area contributed by atoms with Crippen LogP contribution in [0.4, 0.5) is 0 Å². The number of rotatable bonds is 7. The number of pyridine rings is 1. The van der Waals surface area contributed by atoms with Crippen LogP contribution < -0.4 is 4.74 Å². The molecule has 2 heterocycles. The van der Waals surface area contributed by atoms with Gasteiger partial charge < -0.3 is 14.7 Å². The van der Waals surface area contributed by atoms with Crippen molar-refractivity contribution in [2.75, 3.05) is 6.61 Å². The lowest BCUT2D eigenvalue weighted by Crippen LogP contribution is -2.29. The fourth-order valence-electron chi connectivity index (χ4n) is 3.83. The van der Waals surface area contributed by atoms with Crippen molar-refractivity contribution in [3.63, 3.8) is 0 Å². The van der Waals surface area contributed by atoms with Crippen molar-refractivity contribution in [3.05, 3.63) is 98.9 Å². The number of Topliss-reactive ketones (excluding diaryl/α,β-unsaturated/α-hetero) is 1. The monoisotopic (exact) mass is 554 g/mol. The van der Waals surface area contributed by atoms with E-state index in [1.165, 1.54) is 4.90 Å². The number of aromatic nitrogens is 1. The highest BCUT2D eigenvalue weighted by Gasteiger charge is 2.46. The van der Waals surface area contributed by atoms with Gasteiger partial charge >= 0.3 is 0 Å². The highest BCUT2D eigenvalue weighted by atomic mass is 127. The molecule has 1 saturated heterocycles. The van der Waals surface area contributed by atoms with E-state index in [4.69, 9.17) is 4.74 Å². The van der Waals surface area contributed by atoms with Crippen LogP contribution in [-0.4, -0.2) is 33.3 Å². The van der Waals surface area contributed by atoms with E-state index in [-0.39, 0.29) is 17.9 Å². The normalized spacial score (nSPS) is 17.4. The van der Waals surface area contributed by atoms with Gasteiger partial charge in [0.1, 0.15) is 11.5 Å². The molecule has 2 aromatic carbocycles. The van der Waals surface area contributed by atoms with E-state index in [2.05, 4.69) is 27.6 Å². The van der Waals surface area contributed by atoms with Crippen LogP contribution >= 0.6 is 22.6 Å². The van der Waals surface area contributed by atoms with Gasteiger partial charge in [-0.1, -0.05) is 37.3 Å². The molecule has 3 aromatic rings. The van der Waals surface area contributed by atoms with Crippen LogP contribution in [0.1, 0.15) is 36.1 Å². The molecule has 168 valence electrons. The minimum absolute atomic E-state index is 0.0674. The zero-order valence-electron chi connectivity index (χ0n) is 18.1. The van der Waals surface area contributed by atoms with Gasteiger partial charge in [0, 0.05) is 28.1 Å². The molecule has 1 amide bonds. The number of nitrogens with zero attached hydrogens (tertiary/aromatic N) is 2. The molecule has 1 aliphatic rings. The Labute approximate surface area is 206 Å². The van der Waals surface area contributed by atoms with E-state index in [1.807, 2.05) is 37.3 Å². The number of benzene rings is 2. The number of halogens is 1. The number of aliphatic hydroxyl groups excluding tert-OH is 1. The minimum Gasteiger partial charge on any atom is -0.507 e. The number of ketones is 1. The van der Waals surface area contributed by atoms with Gasteiger partial charge in [-0.2, -0.15) is 0 Å². The average Bonchev–Trinajstić information content (AvgIpc) is 3.08. The molecule has 7 heteroatoms. The Morgan fingerprint density at radius 3 is 2.61 bits per heavy atom. The Morgan fingerprint density at radius 2 is 1.91 bits per heavy atom. The molecule has 33 heavy (non-hydrogen) atoms. The van der Waals surface area contributed by atoms with Crippen molar-refractivity contribution in [2.24, 2.45) is 0 Å². The summed E-state index contributed by atoms with van der Waals surface area (Å²) < 4.78 is 6.71. The quantitative estimate of drug-likeness (QED) is 0.190. The lowest BCUT2D eigenvalue weighted by Gasteiger charge is -2.25. The summed E-state index contributed by atoms with van der Waals surface area (Å²) in [5.74, 6) is -0.981. The zero-order chi connectivity index (χ0) is 23.4. The second kappa shape index (κ2) is 10.2. The lowest BCUT2D eigenvalue weighted by molar-refractivity contribution is -0.140. The molecular formula is C26H23IN2O4. The third-order valence-electron chi connectivity index (χ3n) is 5.38. The first-order valence-electron chi connectivity index (χ1n) is 10.7. The largest absolute Gasteiger partial charge is 0.507 e. The molecule has 0 radical (unpaired) electrons. The molecule has 1 aromatic heterocycles. The molecule has 4 rings (SSSR count). The van der Waals surface area contributed by atoms with Crippen molar-refractivity contribution >= 4 is 40.0 Å². The van der Waals surface area contributed by atoms with Crippen molar-refractivity contribution in [2.45, 2.75) is 25.9 Å². The second-order valence-electron chi connectivity index (χ2n) is 7.72. The van der Waals surface area contributed by atoms with Gasteiger partial charge in [-0.15, -0.1) is 0 Å². The summed E-state index contributed by atoms with van der Waals surface area (Å²) in [5.41, 5.74) is 2.04. The molecule has 0 spiro atoms. The summed E-state index contributed by atoms with van der Waals surface area (Å²) in [6.07, 6.45) is 4.17. The van der Waals surface area contributed by atoms with Crippen LogP contribution in [-0.2, 0) is 16.1 Å². The van der Waals surface area contributed by atoms with Crippen LogP contribution in [0, 0.1) is 3.57 Å². The summed E-state index contributed by atoms with van der Waals surface area (Å²) >= 11 is 2.20. The highest BCUT2D eigenvalue weighted by molar-refractivity contribution is 14.1. The van der Waals surface area contributed by atoms with Gasteiger partial charge in [0.05, 0.1) is 18.2 Å². The maximum Gasteiger partial charge on any atom is 0.295 e. The van der Waals surface area contributed by atoms with Crippen LogP contribution in [0.15, 0.2) is 78.6 Å². The highest BCUT2D eigenvalue weighted by Crippen LogP contribution is 2.40. The first kappa shape index (κ1) is 23.0. The molecular weight excluding hydrogens is 531 g/mol. The van der Waals surface area contributed by atoms with E-state index >= 15 is 0 Å². The summed E-state index contributed by atoms with van der Waals surface area (Å²) in [7, 11) is 0. The maximum atomic E-state index is 13.2. The summed E-state index contributed by atoms with van der Waals surface area (Å²) in [6, 6.07) is 17.4. The molecule has 1 unspecified atom stereocenters. The van der Waals surface area contributed by atoms with Crippen LogP contribution in [0.25, 0.3) is 5.76 Å². The molecule has 1 N–H and O–H groups in total. The summed E-state index contributed by atoms with van der Waals surface area (Å²) in [5, 5.41) is 11.2. The van der Waals surface area contributed by atoms with Gasteiger partial charge in [-0.3, -0.25) is 14.6 Å². The molecule has 0 bridgehead atoms. The number of likely N-dealkylation sites (tertiary alicyclic amines) is 1. The van der Waals surface area contributed by atoms with E-state index in [9.17, 15) is 14.7 Å². The van der Waals surface area contributed by atoms with E-state index in [0.717, 1.165) is 21.1 Å². The lowest BCUT2D eigenvalue weighted by atomic mass is 9.95. The van der Waals surface area contributed by atoms with Gasteiger partial charge in [0.2, 0.25) is 0 Å². The standard InChI is InChI=1S/C26H23IN2O4/c1-2-13-33-21-7-3-6-19(14-21)24(30)22-23(18-8-10-20(27)11-9-18)29(26(32)25(22)31)16-17-5-4-12-28-15-17/h3-12,14-15,23,30H,2,13,16H2,1H3/b24-22+. The Balaban J connectivity index is 1.81. The van der Waals surface area contributed by atoms with E-state index in [0.29, 0.717) is 17.9 Å². The first-order chi connectivity index (χ1) is 16.0. The minimum atomic E-state index is -0.720. The maximum absolute atomic E-state index is 13.2. The fraction of sp³-hybridized carbons (Fsp3) is 0.192. The Bertz CT molecular complexity index is 1190. The number of ether oxygens (including phenoxy) is 1. The Hall–Kier alpha value is -3.20. The summed E-state index contributed by atoms with van der Waals surface area (Å²) in [6.45, 7) is 2.75. The smallest absolute Gasteiger partial charge is 0.295 e.